The second kappa shape index (κ2) is 46.8. The van der Waals surface area contributed by atoms with Crippen LogP contribution in [0.15, 0.2) is 0 Å². The molecule has 0 aliphatic heterocycles. The molecule has 11 heteroatoms. The minimum atomic E-state index is -2.83. The van der Waals surface area contributed by atoms with E-state index in [1.165, 1.54) is 203 Å². The van der Waals surface area contributed by atoms with Gasteiger partial charge in [0.2, 0.25) is 0 Å². The molecule has 0 rings (SSSR count). The second-order valence-corrected chi connectivity index (χ2v) is 26.5. The van der Waals surface area contributed by atoms with Crippen molar-refractivity contribution >= 4 is 57.8 Å². The smallest absolute Gasteiger partial charge is 0.793 e. The van der Waals surface area contributed by atoms with Gasteiger partial charge in [-0.2, -0.15) is 0 Å². The zero-order valence-electron chi connectivity index (χ0n) is 34.3. The molecule has 2 atom stereocenters. The van der Waals surface area contributed by atoms with Gasteiger partial charge in [-0.05, 0) is 37.2 Å². The fourth-order valence-corrected chi connectivity index (χ4v) is 12.5. The van der Waals surface area contributed by atoms with Gasteiger partial charge in [-0.1, -0.05) is 231 Å². The molecule has 304 valence electrons. The average molecular weight is 885 g/mol. The first-order chi connectivity index (χ1) is 24.2. The predicted molar refractivity (Wildman–Crippen MR) is 236 cm³/mol. The molecule has 0 radical (unpaired) electrons. The predicted octanol–water partition coefficient (Wildman–Crippen LogP) is 15.2. The Bertz CT molecular complexity index is 643. The Morgan fingerprint density at radius 1 is 0.353 bits per heavy atom. The standard InChI is InChI=1S/2C20H43O2PS2.Zn/c2*1-3-5-7-9-11-13-15-17-19-22-23(21,24)25-20-18-16-14-12-10-8-6-4-2;/h2*3-20H2,1-2H3,(H,21,24);/q;;+2/p-2. The number of hydrogen-bond donors (Lipinski definition) is 0. The first kappa shape index (κ1) is 57.8. The molecule has 0 aromatic heterocycles. The van der Waals surface area contributed by atoms with Gasteiger partial charge in [-0.3, -0.25) is 0 Å². The molecule has 0 spiro atoms. The van der Waals surface area contributed by atoms with Crippen LogP contribution in [0.1, 0.15) is 233 Å². The number of rotatable bonds is 40. The summed E-state index contributed by atoms with van der Waals surface area (Å²) >= 11 is 13.0. The Morgan fingerprint density at radius 3 is 0.784 bits per heavy atom. The van der Waals surface area contributed by atoms with Crippen LogP contribution in [0, 0.1) is 0 Å². The molecule has 0 N–H and O–H groups in total. The van der Waals surface area contributed by atoms with Gasteiger partial charge in [0.1, 0.15) is 0 Å². The maximum Gasteiger partial charge on any atom is 2.00 e. The molecule has 0 heterocycles. The quantitative estimate of drug-likeness (QED) is 0.0343. The minimum absolute atomic E-state index is 0. The van der Waals surface area contributed by atoms with Crippen LogP contribution in [0.4, 0.5) is 0 Å². The van der Waals surface area contributed by atoms with Gasteiger partial charge in [0.05, 0.1) is 13.2 Å². The van der Waals surface area contributed by atoms with Crippen molar-refractivity contribution in [2.45, 2.75) is 233 Å². The summed E-state index contributed by atoms with van der Waals surface area (Å²) in [6.45, 7) is 10.1. The molecule has 4 nitrogen and oxygen atoms in total. The molecule has 0 aromatic rings. The second-order valence-electron chi connectivity index (χ2n) is 14.1. The molecule has 0 bridgehead atoms. The van der Waals surface area contributed by atoms with Crippen LogP contribution in [-0.2, 0) is 52.1 Å². The monoisotopic (exact) mass is 882 g/mol. The van der Waals surface area contributed by atoms with E-state index in [1.807, 2.05) is 0 Å². The summed E-state index contributed by atoms with van der Waals surface area (Å²) in [5, 5.41) is 0. The van der Waals surface area contributed by atoms with Gasteiger partial charge < -0.3 is 18.8 Å². The maximum absolute atomic E-state index is 12.2. The van der Waals surface area contributed by atoms with Crippen LogP contribution in [0.2, 0.25) is 0 Å². The first-order valence-electron chi connectivity index (χ1n) is 21.4. The molecule has 0 saturated heterocycles. The van der Waals surface area contributed by atoms with Crippen LogP contribution in [-0.4, -0.2) is 24.7 Å². The Kier molecular flexibility index (Phi) is 53.1. The topological polar surface area (TPSA) is 64.6 Å². The normalized spacial score (nSPS) is 13.6. The van der Waals surface area contributed by atoms with E-state index in [1.54, 1.807) is 0 Å². The Labute approximate surface area is 351 Å². The van der Waals surface area contributed by atoms with Gasteiger partial charge in [0, 0.05) is 11.4 Å². The van der Waals surface area contributed by atoms with Crippen LogP contribution in [0.3, 0.4) is 0 Å². The third-order valence-corrected chi connectivity index (χ3v) is 17.7. The summed E-state index contributed by atoms with van der Waals surface area (Å²) in [6, 6.07) is 0. The van der Waals surface area contributed by atoms with Crippen molar-refractivity contribution in [2.24, 2.45) is 0 Å². The fraction of sp³-hybridized carbons (Fsp3) is 1.00. The molecule has 0 aliphatic rings. The molecular formula is C40H84O4P2S4Zn. The van der Waals surface area contributed by atoms with E-state index < -0.39 is 11.4 Å². The van der Waals surface area contributed by atoms with Gasteiger partial charge in [0.25, 0.3) is 0 Å². The first-order valence-corrected chi connectivity index (χ1v) is 29.9. The van der Waals surface area contributed by atoms with Crippen molar-refractivity contribution in [1.29, 1.82) is 0 Å². The van der Waals surface area contributed by atoms with Gasteiger partial charge in [0.15, 0.2) is 0 Å². The molecule has 0 aliphatic carbocycles. The van der Waals surface area contributed by atoms with Crippen LogP contribution in [0.25, 0.3) is 0 Å². The van der Waals surface area contributed by atoms with E-state index in [2.05, 4.69) is 27.7 Å². The van der Waals surface area contributed by atoms with Crippen molar-refractivity contribution < 1.29 is 38.3 Å². The summed E-state index contributed by atoms with van der Waals surface area (Å²) in [6.07, 6.45) is 41.0. The van der Waals surface area contributed by atoms with Crippen molar-refractivity contribution in [3.8, 4) is 0 Å². The summed E-state index contributed by atoms with van der Waals surface area (Å²) < 4.78 is 11.0. The Morgan fingerprint density at radius 2 is 0.549 bits per heavy atom. The van der Waals surface area contributed by atoms with Crippen molar-refractivity contribution in [3.05, 3.63) is 0 Å². The van der Waals surface area contributed by atoms with Crippen molar-refractivity contribution in [3.63, 3.8) is 0 Å². The fourth-order valence-electron chi connectivity index (χ4n) is 5.72. The summed E-state index contributed by atoms with van der Waals surface area (Å²) in [5.41, 5.74) is -5.67. The molecule has 51 heavy (non-hydrogen) atoms. The molecular weight excluding hydrogens is 800 g/mol. The zero-order chi connectivity index (χ0) is 37.3. The summed E-state index contributed by atoms with van der Waals surface area (Å²) in [4.78, 5) is 24.4. The summed E-state index contributed by atoms with van der Waals surface area (Å²) in [5.74, 6) is 1.76. The van der Waals surface area contributed by atoms with E-state index in [4.69, 9.17) is 32.7 Å². The number of unbranched alkanes of at least 4 members (excludes halogenated alkanes) is 28. The van der Waals surface area contributed by atoms with E-state index in [0.29, 0.717) is 13.2 Å². The molecule has 0 fully saturated rings. The van der Waals surface area contributed by atoms with Crippen molar-refractivity contribution in [2.75, 3.05) is 24.7 Å². The van der Waals surface area contributed by atoms with E-state index in [9.17, 15) is 9.79 Å². The van der Waals surface area contributed by atoms with Crippen LogP contribution in [0.5, 0.6) is 0 Å². The third-order valence-electron chi connectivity index (χ3n) is 8.99. The molecule has 0 amide bonds. The SMILES string of the molecule is CCCCCCCCCCOP([O-])(=S)SCCCCCCCCCC.CCCCCCCCCCOP([O-])(=S)SCCCCCCCCCC.[Zn+2]. The Balaban J connectivity index is -0.000000886. The van der Waals surface area contributed by atoms with E-state index >= 15 is 0 Å². The van der Waals surface area contributed by atoms with Gasteiger partial charge >= 0.3 is 19.5 Å². The van der Waals surface area contributed by atoms with Crippen LogP contribution < -0.4 is 9.79 Å². The van der Waals surface area contributed by atoms with Crippen molar-refractivity contribution in [1.82, 2.24) is 0 Å². The molecule has 0 aromatic carbocycles. The van der Waals surface area contributed by atoms with E-state index in [0.717, 1.165) is 37.2 Å². The number of hydrogen-bond acceptors (Lipinski definition) is 8. The maximum atomic E-state index is 12.2. The van der Waals surface area contributed by atoms with Crippen LogP contribution >= 0.6 is 34.2 Å². The third kappa shape index (κ3) is 52.5. The average Bonchev–Trinajstić information content (AvgIpc) is 3.09. The molecule has 0 saturated carbocycles. The van der Waals surface area contributed by atoms with Gasteiger partial charge in [-0.15, -0.1) is 22.8 Å². The van der Waals surface area contributed by atoms with Gasteiger partial charge in [-0.25, -0.2) is 0 Å². The summed E-state index contributed by atoms with van der Waals surface area (Å²) in [7, 11) is 0. The van der Waals surface area contributed by atoms with E-state index in [-0.39, 0.29) is 19.5 Å². The Hall–Kier alpha value is 2.46. The minimum Gasteiger partial charge on any atom is -0.793 e. The zero-order valence-corrected chi connectivity index (χ0v) is 42.3. The largest absolute Gasteiger partial charge is 2.00 e. The molecule has 2 unspecified atom stereocenters.